The number of aryl methyl sites for hydroxylation is 1. The zero-order chi connectivity index (χ0) is 17.8. The Balaban J connectivity index is 1.90. The van der Waals surface area contributed by atoms with Crippen LogP contribution in [0.1, 0.15) is 5.56 Å². The minimum absolute atomic E-state index is 1.12. The molecule has 4 rings (SSSR count). The molecule has 0 bridgehead atoms. The molecule has 0 heterocycles. The molecule has 126 valence electrons. The van der Waals surface area contributed by atoms with Gasteiger partial charge in [-0.2, -0.15) is 0 Å². The lowest BCUT2D eigenvalue weighted by Gasteiger charge is -2.18. The maximum absolute atomic E-state index is 3.65. The van der Waals surface area contributed by atoms with E-state index >= 15 is 0 Å². The van der Waals surface area contributed by atoms with Crippen LogP contribution in [0.15, 0.2) is 103 Å². The van der Waals surface area contributed by atoms with E-state index in [1.165, 1.54) is 27.8 Å². The molecule has 1 N–H and O–H groups in total. The summed E-state index contributed by atoms with van der Waals surface area (Å²) in [5, 5.41) is 3.65. The highest BCUT2D eigenvalue weighted by Gasteiger charge is 2.13. The standard InChI is InChI=1S/C25H21N/c1-19-11-8-9-17-23(19)26-24-18-10-16-22(20-12-4-2-5-13-20)25(24)21-14-6-3-7-15-21/h2-18,26H,1H3. The average Bonchev–Trinajstić information content (AvgIpc) is 2.71. The van der Waals surface area contributed by atoms with Crippen molar-refractivity contribution in [3.05, 3.63) is 109 Å². The van der Waals surface area contributed by atoms with Crippen molar-refractivity contribution in [3.63, 3.8) is 0 Å². The van der Waals surface area contributed by atoms with Gasteiger partial charge in [0.1, 0.15) is 0 Å². The van der Waals surface area contributed by atoms with E-state index in [1.807, 2.05) is 0 Å². The van der Waals surface area contributed by atoms with E-state index in [-0.39, 0.29) is 0 Å². The quantitative estimate of drug-likeness (QED) is 0.420. The maximum Gasteiger partial charge on any atom is 0.0470 e. The van der Waals surface area contributed by atoms with Gasteiger partial charge in [-0.3, -0.25) is 0 Å². The summed E-state index contributed by atoms with van der Waals surface area (Å²) in [6, 6.07) is 36.0. The third-order valence-electron chi connectivity index (χ3n) is 4.63. The van der Waals surface area contributed by atoms with Gasteiger partial charge in [-0.1, -0.05) is 91.0 Å². The smallest absolute Gasteiger partial charge is 0.0470 e. The molecule has 0 fully saturated rings. The monoisotopic (exact) mass is 335 g/mol. The molecule has 26 heavy (non-hydrogen) atoms. The highest BCUT2D eigenvalue weighted by atomic mass is 14.9. The van der Waals surface area contributed by atoms with Crippen molar-refractivity contribution in [2.24, 2.45) is 0 Å². The fourth-order valence-electron chi connectivity index (χ4n) is 3.29. The van der Waals surface area contributed by atoms with Crippen LogP contribution in [0.25, 0.3) is 22.3 Å². The van der Waals surface area contributed by atoms with Crippen LogP contribution in [0, 0.1) is 6.92 Å². The first-order chi connectivity index (χ1) is 12.8. The Bertz CT molecular complexity index is 1000. The van der Waals surface area contributed by atoms with Crippen molar-refractivity contribution in [2.75, 3.05) is 5.32 Å². The molecule has 0 saturated heterocycles. The predicted molar refractivity (Wildman–Crippen MR) is 112 cm³/mol. The minimum Gasteiger partial charge on any atom is -0.355 e. The van der Waals surface area contributed by atoms with Crippen LogP contribution in [-0.4, -0.2) is 0 Å². The summed E-state index contributed by atoms with van der Waals surface area (Å²) in [5.41, 5.74) is 8.37. The van der Waals surface area contributed by atoms with Crippen molar-refractivity contribution in [1.82, 2.24) is 0 Å². The normalized spacial score (nSPS) is 10.5. The molecule has 0 aliphatic carbocycles. The van der Waals surface area contributed by atoms with Gasteiger partial charge in [-0.05, 0) is 41.3 Å². The molecule has 4 aromatic carbocycles. The number of para-hydroxylation sites is 1. The number of hydrogen-bond donors (Lipinski definition) is 1. The first-order valence-corrected chi connectivity index (χ1v) is 8.89. The Hall–Kier alpha value is -3.32. The van der Waals surface area contributed by atoms with E-state index in [0.29, 0.717) is 0 Å². The number of hydrogen-bond acceptors (Lipinski definition) is 1. The Morgan fingerprint density at radius 2 is 1.08 bits per heavy atom. The highest BCUT2D eigenvalue weighted by molar-refractivity contribution is 5.93. The van der Waals surface area contributed by atoms with Crippen molar-refractivity contribution >= 4 is 11.4 Å². The fraction of sp³-hybridized carbons (Fsp3) is 0.0400. The van der Waals surface area contributed by atoms with Gasteiger partial charge >= 0.3 is 0 Å². The van der Waals surface area contributed by atoms with Gasteiger partial charge in [0.2, 0.25) is 0 Å². The van der Waals surface area contributed by atoms with Crippen LogP contribution in [-0.2, 0) is 0 Å². The Morgan fingerprint density at radius 1 is 0.500 bits per heavy atom. The molecule has 0 unspecified atom stereocenters. The van der Waals surface area contributed by atoms with Crippen LogP contribution in [0.4, 0.5) is 11.4 Å². The van der Waals surface area contributed by atoms with E-state index in [1.54, 1.807) is 0 Å². The SMILES string of the molecule is Cc1ccccc1Nc1cccc(-c2ccccc2)c1-c1ccccc1. The summed E-state index contributed by atoms with van der Waals surface area (Å²) in [5.74, 6) is 0. The number of rotatable bonds is 4. The molecule has 0 saturated carbocycles. The van der Waals surface area contributed by atoms with Crippen molar-refractivity contribution in [1.29, 1.82) is 0 Å². The molecule has 4 aromatic rings. The second kappa shape index (κ2) is 7.28. The van der Waals surface area contributed by atoms with Gasteiger partial charge in [-0.15, -0.1) is 0 Å². The van der Waals surface area contributed by atoms with Crippen molar-refractivity contribution in [3.8, 4) is 22.3 Å². The van der Waals surface area contributed by atoms with E-state index in [4.69, 9.17) is 0 Å². The van der Waals surface area contributed by atoms with Crippen LogP contribution in [0.2, 0.25) is 0 Å². The number of nitrogens with one attached hydrogen (secondary N) is 1. The summed E-state index contributed by atoms with van der Waals surface area (Å²) in [6.07, 6.45) is 0. The van der Waals surface area contributed by atoms with E-state index in [9.17, 15) is 0 Å². The van der Waals surface area contributed by atoms with E-state index in [2.05, 4.69) is 115 Å². The second-order valence-corrected chi connectivity index (χ2v) is 6.40. The molecule has 0 radical (unpaired) electrons. The van der Waals surface area contributed by atoms with Crippen LogP contribution < -0.4 is 5.32 Å². The van der Waals surface area contributed by atoms with E-state index in [0.717, 1.165) is 11.4 Å². The molecule has 1 nitrogen and oxygen atoms in total. The fourth-order valence-corrected chi connectivity index (χ4v) is 3.29. The molecular weight excluding hydrogens is 314 g/mol. The van der Waals surface area contributed by atoms with Crippen molar-refractivity contribution in [2.45, 2.75) is 6.92 Å². The largest absolute Gasteiger partial charge is 0.355 e. The topological polar surface area (TPSA) is 12.0 Å². The van der Waals surface area contributed by atoms with Crippen LogP contribution in [0.3, 0.4) is 0 Å². The first kappa shape index (κ1) is 16.2. The van der Waals surface area contributed by atoms with Crippen molar-refractivity contribution < 1.29 is 0 Å². The Morgan fingerprint density at radius 3 is 1.77 bits per heavy atom. The van der Waals surface area contributed by atoms with Gasteiger partial charge in [0.25, 0.3) is 0 Å². The average molecular weight is 335 g/mol. The summed E-state index contributed by atoms with van der Waals surface area (Å²) in [7, 11) is 0. The van der Waals surface area contributed by atoms with Gasteiger partial charge in [-0.25, -0.2) is 0 Å². The first-order valence-electron chi connectivity index (χ1n) is 8.89. The van der Waals surface area contributed by atoms with Crippen LogP contribution in [0.5, 0.6) is 0 Å². The molecule has 0 aliphatic heterocycles. The predicted octanol–water partition coefficient (Wildman–Crippen LogP) is 7.07. The third-order valence-corrected chi connectivity index (χ3v) is 4.63. The molecule has 0 amide bonds. The lowest BCUT2D eigenvalue weighted by atomic mass is 9.93. The summed E-state index contributed by atoms with van der Waals surface area (Å²) >= 11 is 0. The van der Waals surface area contributed by atoms with Gasteiger partial charge < -0.3 is 5.32 Å². The van der Waals surface area contributed by atoms with Gasteiger partial charge in [0.05, 0.1) is 0 Å². The number of anilines is 2. The lowest BCUT2D eigenvalue weighted by Crippen LogP contribution is -1.97. The maximum atomic E-state index is 3.65. The van der Waals surface area contributed by atoms with E-state index < -0.39 is 0 Å². The van der Waals surface area contributed by atoms with Crippen LogP contribution >= 0.6 is 0 Å². The molecule has 1 heteroatoms. The molecule has 0 aromatic heterocycles. The lowest BCUT2D eigenvalue weighted by molar-refractivity contribution is 1.43. The zero-order valence-electron chi connectivity index (χ0n) is 14.8. The zero-order valence-corrected chi connectivity index (χ0v) is 14.8. The second-order valence-electron chi connectivity index (χ2n) is 6.40. The summed E-state index contributed by atoms with van der Waals surface area (Å²) in [4.78, 5) is 0. The summed E-state index contributed by atoms with van der Waals surface area (Å²) < 4.78 is 0. The molecule has 0 atom stereocenters. The van der Waals surface area contributed by atoms with Gasteiger partial charge in [0, 0.05) is 16.9 Å². The Kier molecular flexibility index (Phi) is 4.53. The summed E-state index contributed by atoms with van der Waals surface area (Å²) in [6.45, 7) is 2.13. The third kappa shape index (κ3) is 3.25. The molecule has 0 aliphatic rings. The Labute approximate surface area is 155 Å². The van der Waals surface area contributed by atoms with Gasteiger partial charge in [0.15, 0.2) is 0 Å². The molecular formula is C25H21N. The minimum atomic E-state index is 1.12. The number of benzene rings is 4. The molecule has 0 spiro atoms. The highest BCUT2D eigenvalue weighted by Crippen LogP contribution is 2.39.